The number of thiocarbonyl (C=S) groups is 1. The van der Waals surface area contributed by atoms with Gasteiger partial charge in [-0.25, -0.2) is 0 Å². The van der Waals surface area contributed by atoms with Crippen LogP contribution in [0.15, 0.2) is 47.1 Å². The number of nitrogens with one attached hydrogen (secondary N) is 3. The molecule has 1 aromatic carbocycles. The molecule has 25 heavy (non-hydrogen) atoms. The lowest BCUT2D eigenvalue weighted by Crippen LogP contribution is -2.35. The summed E-state index contributed by atoms with van der Waals surface area (Å²) >= 11 is 5.12. The second-order valence-electron chi connectivity index (χ2n) is 5.03. The van der Waals surface area contributed by atoms with Gasteiger partial charge >= 0.3 is 0 Å². The van der Waals surface area contributed by atoms with Crippen LogP contribution in [0.25, 0.3) is 0 Å². The molecule has 2 amide bonds. The highest BCUT2D eigenvalue weighted by Gasteiger charge is 2.14. The molecule has 0 unspecified atom stereocenters. The first kappa shape index (κ1) is 18.6. The van der Waals surface area contributed by atoms with Crippen molar-refractivity contribution < 1.29 is 18.7 Å². The zero-order valence-corrected chi connectivity index (χ0v) is 14.5. The fourth-order valence-corrected chi connectivity index (χ4v) is 2.23. The topological polar surface area (TPSA) is 92.6 Å². The molecule has 0 aliphatic carbocycles. The molecule has 7 nitrogen and oxygen atoms in total. The van der Waals surface area contributed by atoms with E-state index >= 15 is 0 Å². The van der Waals surface area contributed by atoms with Gasteiger partial charge in [0, 0.05) is 20.3 Å². The fourth-order valence-electron chi connectivity index (χ4n) is 2.03. The molecule has 0 aliphatic rings. The van der Waals surface area contributed by atoms with Gasteiger partial charge in [-0.1, -0.05) is 12.1 Å². The van der Waals surface area contributed by atoms with E-state index in [2.05, 4.69) is 16.0 Å². The molecule has 0 fully saturated rings. The van der Waals surface area contributed by atoms with Crippen molar-refractivity contribution in [2.75, 3.05) is 25.6 Å². The average molecular weight is 361 g/mol. The largest absolute Gasteiger partial charge is 0.459 e. The van der Waals surface area contributed by atoms with Crippen LogP contribution < -0.4 is 16.0 Å². The summed E-state index contributed by atoms with van der Waals surface area (Å²) in [6.45, 7) is 1.07. The number of carbonyl (C=O) groups excluding carboxylic acids is 2. The summed E-state index contributed by atoms with van der Waals surface area (Å²) in [5, 5.41) is 8.23. The van der Waals surface area contributed by atoms with Gasteiger partial charge in [0.25, 0.3) is 11.8 Å². The average Bonchev–Trinajstić information content (AvgIpc) is 3.13. The Hall–Kier alpha value is -2.71. The van der Waals surface area contributed by atoms with E-state index in [1.807, 2.05) is 0 Å². The van der Waals surface area contributed by atoms with Gasteiger partial charge in [0.2, 0.25) is 0 Å². The Morgan fingerprint density at radius 3 is 2.68 bits per heavy atom. The summed E-state index contributed by atoms with van der Waals surface area (Å²) in [7, 11) is 1.61. The van der Waals surface area contributed by atoms with Crippen molar-refractivity contribution in [3.63, 3.8) is 0 Å². The highest BCUT2D eigenvalue weighted by molar-refractivity contribution is 7.80. The van der Waals surface area contributed by atoms with Crippen LogP contribution in [-0.2, 0) is 4.74 Å². The van der Waals surface area contributed by atoms with E-state index in [0.717, 1.165) is 6.42 Å². The van der Waals surface area contributed by atoms with Gasteiger partial charge in [0.05, 0.1) is 17.5 Å². The predicted molar refractivity (Wildman–Crippen MR) is 97.7 cm³/mol. The molecule has 2 rings (SSSR count). The number of benzene rings is 1. The van der Waals surface area contributed by atoms with Gasteiger partial charge in [-0.3, -0.25) is 14.9 Å². The van der Waals surface area contributed by atoms with E-state index in [9.17, 15) is 9.59 Å². The van der Waals surface area contributed by atoms with Crippen molar-refractivity contribution in [2.24, 2.45) is 0 Å². The van der Waals surface area contributed by atoms with Crippen LogP contribution in [0.2, 0.25) is 0 Å². The maximum atomic E-state index is 12.3. The second-order valence-corrected chi connectivity index (χ2v) is 5.44. The first-order chi connectivity index (χ1) is 12.1. The molecule has 1 heterocycles. The molecule has 132 valence electrons. The smallest absolute Gasteiger partial charge is 0.293 e. The maximum Gasteiger partial charge on any atom is 0.293 e. The highest BCUT2D eigenvalue weighted by Crippen LogP contribution is 2.15. The summed E-state index contributed by atoms with van der Waals surface area (Å²) in [6, 6.07) is 10.0. The van der Waals surface area contributed by atoms with E-state index in [1.165, 1.54) is 12.3 Å². The Bertz CT molecular complexity index is 731. The molecular formula is C17H19N3O4S. The molecule has 0 atom stereocenters. The lowest BCUT2D eigenvalue weighted by molar-refractivity contribution is 0.0943. The van der Waals surface area contributed by atoms with Crippen LogP contribution in [0, 0.1) is 0 Å². The summed E-state index contributed by atoms with van der Waals surface area (Å²) in [5.41, 5.74) is 0.922. The molecule has 8 heteroatoms. The van der Waals surface area contributed by atoms with Gasteiger partial charge < -0.3 is 19.8 Å². The number of carbonyl (C=O) groups is 2. The Morgan fingerprint density at radius 1 is 1.16 bits per heavy atom. The third-order valence-electron chi connectivity index (χ3n) is 3.20. The van der Waals surface area contributed by atoms with Gasteiger partial charge in [-0.05, 0) is 42.9 Å². The minimum atomic E-state index is -0.469. The van der Waals surface area contributed by atoms with Crippen molar-refractivity contribution in [1.29, 1.82) is 0 Å². The zero-order chi connectivity index (χ0) is 18.1. The minimum absolute atomic E-state index is 0.0704. The maximum absolute atomic E-state index is 12.3. The quantitative estimate of drug-likeness (QED) is 0.517. The van der Waals surface area contributed by atoms with E-state index < -0.39 is 5.91 Å². The number of hydrogen-bond acceptors (Lipinski definition) is 5. The molecule has 1 aromatic heterocycles. The Balaban J connectivity index is 1.96. The molecule has 2 aromatic rings. The van der Waals surface area contributed by atoms with Crippen LogP contribution >= 0.6 is 12.2 Å². The summed E-state index contributed by atoms with van der Waals surface area (Å²) < 4.78 is 9.94. The van der Waals surface area contributed by atoms with Crippen LogP contribution in [-0.4, -0.2) is 37.2 Å². The Labute approximate surface area is 150 Å². The number of amides is 2. The first-order valence-electron chi connectivity index (χ1n) is 7.64. The Kier molecular flexibility index (Phi) is 7.12. The molecule has 0 bridgehead atoms. The molecular weight excluding hydrogens is 342 g/mol. The van der Waals surface area contributed by atoms with Crippen molar-refractivity contribution in [2.45, 2.75) is 6.42 Å². The minimum Gasteiger partial charge on any atom is -0.459 e. The van der Waals surface area contributed by atoms with Gasteiger partial charge in [-0.15, -0.1) is 0 Å². The zero-order valence-electron chi connectivity index (χ0n) is 13.7. The lowest BCUT2D eigenvalue weighted by Gasteiger charge is -2.13. The molecule has 0 spiro atoms. The standard InChI is InChI=1S/C17H19N3O4S/c1-23-10-5-9-18-15(21)12-6-2-3-7-13(12)19-17(25)20-16(22)14-8-4-11-24-14/h2-4,6-8,11H,5,9-10H2,1H3,(H,18,21)(H2,19,20,22,25). The molecule has 0 saturated carbocycles. The van der Waals surface area contributed by atoms with Crippen molar-refractivity contribution in [3.8, 4) is 0 Å². The van der Waals surface area contributed by atoms with Crippen LogP contribution in [0.5, 0.6) is 0 Å². The summed E-state index contributed by atoms with van der Waals surface area (Å²) in [4.78, 5) is 24.2. The number of furan rings is 1. The number of ether oxygens (including phenoxy) is 1. The predicted octanol–water partition coefficient (Wildman–Crippen LogP) is 2.17. The van der Waals surface area contributed by atoms with E-state index in [4.69, 9.17) is 21.4 Å². The van der Waals surface area contributed by atoms with E-state index in [1.54, 1.807) is 37.4 Å². The fraction of sp³-hybridized carbons (Fsp3) is 0.235. The highest BCUT2D eigenvalue weighted by atomic mass is 32.1. The van der Waals surface area contributed by atoms with Crippen molar-refractivity contribution in [1.82, 2.24) is 10.6 Å². The molecule has 3 N–H and O–H groups in total. The number of anilines is 1. The number of para-hydroxylation sites is 1. The monoisotopic (exact) mass is 361 g/mol. The van der Waals surface area contributed by atoms with Crippen LogP contribution in [0.3, 0.4) is 0 Å². The Morgan fingerprint density at radius 2 is 1.96 bits per heavy atom. The molecule has 0 aliphatic heterocycles. The van der Waals surface area contributed by atoms with Gasteiger partial charge in [-0.2, -0.15) is 0 Å². The summed E-state index contributed by atoms with van der Waals surface area (Å²) in [5.74, 6) is -0.559. The van der Waals surface area contributed by atoms with Crippen molar-refractivity contribution >= 4 is 34.8 Å². The van der Waals surface area contributed by atoms with Gasteiger partial charge in [0.15, 0.2) is 10.9 Å². The normalized spacial score (nSPS) is 10.1. The number of hydrogen-bond donors (Lipinski definition) is 3. The first-order valence-corrected chi connectivity index (χ1v) is 8.04. The van der Waals surface area contributed by atoms with Crippen molar-refractivity contribution in [3.05, 3.63) is 54.0 Å². The third kappa shape index (κ3) is 5.70. The number of methoxy groups -OCH3 is 1. The van der Waals surface area contributed by atoms with Gasteiger partial charge in [0.1, 0.15) is 0 Å². The molecule has 0 radical (unpaired) electrons. The van der Waals surface area contributed by atoms with Crippen LogP contribution in [0.4, 0.5) is 5.69 Å². The van der Waals surface area contributed by atoms with E-state index in [0.29, 0.717) is 24.4 Å². The molecule has 0 saturated heterocycles. The van der Waals surface area contributed by atoms with E-state index in [-0.39, 0.29) is 16.8 Å². The second kappa shape index (κ2) is 9.55. The summed E-state index contributed by atoms with van der Waals surface area (Å²) in [6.07, 6.45) is 2.12. The van der Waals surface area contributed by atoms with Crippen LogP contribution in [0.1, 0.15) is 27.3 Å². The number of rotatable bonds is 7. The SMILES string of the molecule is COCCCNC(=O)c1ccccc1NC(=S)NC(=O)c1ccco1. The lowest BCUT2D eigenvalue weighted by atomic mass is 10.1. The third-order valence-corrected chi connectivity index (χ3v) is 3.41.